The van der Waals surface area contributed by atoms with Gasteiger partial charge in [0.2, 0.25) is 0 Å². The van der Waals surface area contributed by atoms with Crippen LogP contribution < -0.4 is 5.32 Å². The minimum absolute atomic E-state index is 0.0750. The van der Waals surface area contributed by atoms with E-state index in [4.69, 9.17) is 0 Å². The first-order valence-corrected chi connectivity index (χ1v) is 7.13. The summed E-state index contributed by atoms with van der Waals surface area (Å²) >= 11 is 0. The van der Waals surface area contributed by atoms with E-state index in [2.05, 4.69) is 49.9 Å². The van der Waals surface area contributed by atoms with Crippen molar-refractivity contribution in [3.8, 4) is 0 Å². The van der Waals surface area contributed by atoms with Gasteiger partial charge in [-0.1, -0.05) is 0 Å². The highest BCUT2D eigenvalue weighted by atomic mass is 16.3. The van der Waals surface area contributed by atoms with Crippen LogP contribution >= 0.6 is 0 Å². The Morgan fingerprint density at radius 2 is 2.00 bits per heavy atom. The molecule has 1 rings (SSSR count). The summed E-state index contributed by atoms with van der Waals surface area (Å²) in [6.07, 6.45) is 0.912. The molecule has 4 heteroatoms. The summed E-state index contributed by atoms with van der Waals surface area (Å²) in [6, 6.07) is 0.529. The van der Waals surface area contributed by atoms with E-state index in [-0.39, 0.29) is 11.6 Å². The molecule has 2 unspecified atom stereocenters. The zero-order valence-corrected chi connectivity index (χ0v) is 12.7. The maximum atomic E-state index is 10.1. The number of nitrogens with one attached hydrogen (secondary N) is 1. The highest BCUT2D eigenvalue weighted by Crippen LogP contribution is 2.09. The van der Waals surface area contributed by atoms with Gasteiger partial charge >= 0.3 is 0 Å². The van der Waals surface area contributed by atoms with E-state index in [9.17, 15) is 5.11 Å². The van der Waals surface area contributed by atoms with Crippen molar-refractivity contribution in [2.75, 3.05) is 39.8 Å². The van der Waals surface area contributed by atoms with Crippen LogP contribution in [0.2, 0.25) is 0 Å². The van der Waals surface area contributed by atoms with Gasteiger partial charge in [-0.25, -0.2) is 0 Å². The fourth-order valence-electron chi connectivity index (χ4n) is 2.45. The van der Waals surface area contributed by atoms with Crippen LogP contribution in [0.3, 0.4) is 0 Å². The Morgan fingerprint density at radius 3 is 2.61 bits per heavy atom. The normalized spacial score (nSPS) is 26.0. The van der Waals surface area contributed by atoms with Crippen LogP contribution in [0.15, 0.2) is 0 Å². The van der Waals surface area contributed by atoms with Gasteiger partial charge in [0, 0.05) is 31.2 Å². The van der Waals surface area contributed by atoms with Crippen LogP contribution in [0.1, 0.15) is 34.1 Å². The molecule has 0 radical (unpaired) electrons. The van der Waals surface area contributed by atoms with Gasteiger partial charge < -0.3 is 15.3 Å². The Morgan fingerprint density at radius 1 is 1.33 bits per heavy atom. The molecule has 1 aliphatic rings. The Bertz CT molecular complexity index is 240. The van der Waals surface area contributed by atoms with Gasteiger partial charge in [-0.15, -0.1) is 0 Å². The second kappa shape index (κ2) is 6.85. The largest absolute Gasteiger partial charge is 0.390 e. The molecule has 1 heterocycles. The topological polar surface area (TPSA) is 38.7 Å². The zero-order chi connectivity index (χ0) is 13.8. The Hall–Kier alpha value is -0.160. The number of aliphatic hydroxyl groups is 1. The lowest BCUT2D eigenvalue weighted by molar-refractivity contribution is 0.0866. The molecular formula is C14H31N3O. The number of β-amino-alcohol motifs (C(OH)–C–C–N with tert-alkyl or cyclic N) is 1. The van der Waals surface area contributed by atoms with E-state index >= 15 is 0 Å². The number of rotatable bonds is 4. The van der Waals surface area contributed by atoms with Crippen LogP contribution in [-0.2, 0) is 0 Å². The molecule has 0 spiro atoms. The van der Waals surface area contributed by atoms with Gasteiger partial charge in [0.05, 0.1) is 6.10 Å². The van der Waals surface area contributed by atoms with Gasteiger partial charge in [-0.2, -0.15) is 0 Å². The van der Waals surface area contributed by atoms with Gasteiger partial charge in [0.25, 0.3) is 0 Å². The summed E-state index contributed by atoms with van der Waals surface area (Å²) in [5.41, 5.74) is 0.0750. The molecule has 0 bridgehead atoms. The summed E-state index contributed by atoms with van der Waals surface area (Å²) in [6.45, 7) is 13.4. The van der Waals surface area contributed by atoms with Crippen LogP contribution in [-0.4, -0.2) is 72.4 Å². The molecular weight excluding hydrogens is 226 g/mol. The van der Waals surface area contributed by atoms with E-state index in [0.29, 0.717) is 12.6 Å². The lowest BCUT2D eigenvalue weighted by Crippen LogP contribution is -2.47. The number of hydrogen-bond acceptors (Lipinski definition) is 4. The highest BCUT2D eigenvalue weighted by Gasteiger charge is 2.22. The predicted octanol–water partition coefficient (Wildman–Crippen LogP) is 0.761. The first-order valence-electron chi connectivity index (χ1n) is 7.13. The standard InChI is InChI=1S/C14H31N3O/c1-12-10-16(5)7-6-8-17(12)11-13(18)9-15-14(2,3)4/h12-13,15,18H,6-11H2,1-5H3. The molecule has 0 amide bonds. The molecule has 1 fully saturated rings. The average Bonchev–Trinajstić information content (AvgIpc) is 2.37. The minimum atomic E-state index is -0.282. The molecule has 108 valence electrons. The lowest BCUT2D eigenvalue weighted by atomic mass is 10.1. The molecule has 0 aromatic heterocycles. The van der Waals surface area contributed by atoms with Gasteiger partial charge in [-0.3, -0.25) is 4.90 Å². The first kappa shape index (κ1) is 15.9. The summed E-state index contributed by atoms with van der Waals surface area (Å²) in [5.74, 6) is 0. The number of hydrogen-bond donors (Lipinski definition) is 2. The third-order valence-electron chi connectivity index (χ3n) is 3.50. The minimum Gasteiger partial charge on any atom is -0.390 e. The van der Waals surface area contributed by atoms with Crippen LogP contribution in [0.5, 0.6) is 0 Å². The third-order valence-corrected chi connectivity index (χ3v) is 3.50. The fourth-order valence-corrected chi connectivity index (χ4v) is 2.45. The number of likely N-dealkylation sites (N-methyl/N-ethyl adjacent to an activating group) is 1. The zero-order valence-electron chi connectivity index (χ0n) is 12.7. The summed E-state index contributed by atoms with van der Waals surface area (Å²) in [5, 5.41) is 13.5. The number of aliphatic hydroxyl groups excluding tert-OH is 1. The predicted molar refractivity (Wildman–Crippen MR) is 76.9 cm³/mol. The van der Waals surface area contributed by atoms with E-state index in [0.717, 1.165) is 26.2 Å². The maximum Gasteiger partial charge on any atom is 0.0791 e. The molecule has 0 aliphatic carbocycles. The van der Waals surface area contributed by atoms with E-state index in [1.807, 2.05) is 0 Å². The second-order valence-electron chi connectivity index (χ2n) is 6.74. The molecule has 0 aromatic carbocycles. The lowest BCUT2D eigenvalue weighted by Gasteiger charge is -2.31. The van der Waals surface area contributed by atoms with Gasteiger partial charge in [-0.05, 0) is 54.3 Å². The SMILES string of the molecule is CC1CN(C)CCCN1CC(O)CNC(C)(C)C. The summed E-state index contributed by atoms with van der Waals surface area (Å²) < 4.78 is 0. The Labute approximate surface area is 112 Å². The average molecular weight is 257 g/mol. The van der Waals surface area contributed by atoms with Crippen molar-refractivity contribution < 1.29 is 5.11 Å². The number of nitrogens with zero attached hydrogens (tertiary/aromatic N) is 2. The molecule has 1 saturated heterocycles. The molecule has 2 N–H and O–H groups in total. The Kier molecular flexibility index (Phi) is 6.05. The fraction of sp³-hybridized carbons (Fsp3) is 1.00. The van der Waals surface area contributed by atoms with E-state index < -0.39 is 0 Å². The van der Waals surface area contributed by atoms with Gasteiger partial charge in [0.1, 0.15) is 0 Å². The van der Waals surface area contributed by atoms with E-state index in [1.165, 1.54) is 6.42 Å². The van der Waals surface area contributed by atoms with Crippen LogP contribution in [0.4, 0.5) is 0 Å². The van der Waals surface area contributed by atoms with Crippen molar-refractivity contribution in [3.63, 3.8) is 0 Å². The second-order valence-corrected chi connectivity index (χ2v) is 6.74. The molecule has 0 saturated carbocycles. The van der Waals surface area contributed by atoms with Crippen molar-refractivity contribution in [1.82, 2.24) is 15.1 Å². The summed E-state index contributed by atoms with van der Waals surface area (Å²) in [4.78, 5) is 4.79. The van der Waals surface area contributed by atoms with Crippen molar-refractivity contribution >= 4 is 0 Å². The van der Waals surface area contributed by atoms with Crippen molar-refractivity contribution in [2.24, 2.45) is 0 Å². The van der Waals surface area contributed by atoms with Crippen molar-refractivity contribution in [3.05, 3.63) is 0 Å². The maximum absolute atomic E-state index is 10.1. The molecule has 4 nitrogen and oxygen atoms in total. The third kappa shape index (κ3) is 6.14. The quantitative estimate of drug-likeness (QED) is 0.780. The highest BCUT2D eigenvalue weighted by molar-refractivity contribution is 4.79. The van der Waals surface area contributed by atoms with E-state index in [1.54, 1.807) is 0 Å². The summed E-state index contributed by atoms with van der Waals surface area (Å²) in [7, 11) is 2.18. The smallest absolute Gasteiger partial charge is 0.0791 e. The Balaban J connectivity index is 2.35. The van der Waals surface area contributed by atoms with Crippen LogP contribution in [0.25, 0.3) is 0 Å². The molecule has 1 aliphatic heterocycles. The van der Waals surface area contributed by atoms with Crippen molar-refractivity contribution in [1.29, 1.82) is 0 Å². The molecule has 18 heavy (non-hydrogen) atoms. The van der Waals surface area contributed by atoms with Crippen LogP contribution in [0, 0.1) is 0 Å². The molecule has 2 atom stereocenters. The first-order chi connectivity index (χ1) is 8.28. The van der Waals surface area contributed by atoms with Gasteiger partial charge in [0.15, 0.2) is 0 Å². The monoisotopic (exact) mass is 257 g/mol. The molecule has 0 aromatic rings. The van der Waals surface area contributed by atoms with Crippen molar-refractivity contribution in [2.45, 2.75) is 51.8 Å².